The molecule has 1 atom stereocenters. The lowest BCUT2D eigenvalue weighted by Crippen LogP contribution is -2.52. The van der Waals surface area contributed by atoms with Gasteiger partial charge in [0.25, 0.3) is 11.8 Å². The van der Waals surface area contributed by atoms with E-state index in [9.17, 15) is 14.4 Å². The molecule has 1 fully saturated rings. The van der Waals surface area contributed by atoms with Crippen molar-refractivity contribution in [1.29, 1.82) is 0 Å². The maximum absolute atomic E-state index is 13.1. The van der Waals surface area contributed by atoms with Crippen molar-refractivity contribution in [2.24, 2.45) is 0 Å². The summed E-state index contributed by atoms with van der Waals surface area (Å²) in [5.74, 6) is -1.06. The van der Waals surface area contributed by atoms with Gasteiger partial charge in [-0.05, 0) is 18.6 Å². The second-order valence-electron chi connectivity index (χ2n) is 6.06. The van der Waals surface area contributed by atoms with Crippen LogP contribution in [0.4, 0.5) is 10.5 Å². The summed E-state index contributed by atoms with van der Waals surface area (Å²) in [5.41, 5.74) is 1.36. The van der Waals surface area contributed by atoms with Gasteiger partial charge in [-0.15, -0.1) is 0 Å². The Hall–Kier alpha value is -3.15. The number of amides is 4. The summed E-state index contributed by atoms with van der Waals surface area (Å²) in [6, 6.07) is 14.4. The number of rotatable bonds is 2. The van der Waals surface area contributed by atoms with Gasteiger partial charge in [0, 0.05) is 5.56 Å². The predicted molar refractivity (Wildman–Crippen MR) is 87.2 cm³/mol. The van der Waals surface area contributed by atoms with Crippen molar-refractivity contribution in [2.45, 2.75) is 19.0 Å². The number of aryl methyl sites for hydroxylation is 1. The second kappa shape index (κ2) is 4.92. The summed E-state index contributed by atoms with van der Waals surface area (Å²) in [4.78, 5) is 38.8. The lowest BCUT2D eigenvalue weighted by molar-refractivity contribution is -0.134. The first-order chi connectivity index (χ1) is 11.5. The minimum absolute atomic E-state index is 0.334. The number of benzene rings is 2. The van der Waals surface area contributed by atoms with Gasteiger partial charge in [-0.2, -0.15) is 0 Å². The summed E-state index contributed by atoms with van der Waals surface area (Å²) in [7, 11) is 0. The summed E-state index contributed by atoms with van der Waals surface area (Å²) in [5, 5.41) is 4.73. The molecule has 2 aliphatic heterocycles. The number of nitrogens with one attached hydrogen (secondary N) is 2. The smallest absolute Gasteiger partial charge is 0.312 e. The van der Waals surface area contributed by atoms with Crippen molar-refractivity contribution in [3.05, 3.63) is 65.2 Å². The second-order valence-corrected chi connectivity index (χ2v) is 6.06. The van der Waals surface area contributed by atoms with Crippen molar-refractivity contribution in [2.75, 3.05) is 4.90 Å². The molecule has 0 bridgehead atoms. The van der Waals surface area contributed by atoms with Crippen LogP contribution in [0.3, 0.4) is 0 Å². The minimum atomic E-state index is -1.66. The van der Waals surface area contributed by atoms with Gasteiger partial charge in [-0.25, -0.2) is 4.79 Å². The van der Waals surface area contributed by atoms with Crippen LogP contribution in [0, 0.1) is 6.92 Å². The van der Waals surface area contributed by atoms with Crippen molar-refractivity contribution >= 4 is 23.5 Å². The van der Waals surface area contributed by atoms with E-state index in [4.69, 9.17) is 0 Å². The Labute approximate surface area is 138 Å². The van der Waals surface area contributed by atoms with E-state index in [1.54, 1.807) is 11.0 Å². The molecular formula is C18H15N3O3. The summed E-state index contributed by atoms with van der Waals surface area (Å²) < 4.78 is 0. The van der Waals surface area contributed by atoms with E-state index in [1.165, 1.54) is 0 Å². The molecule has 2 aromatic rings. The highest BCUT2D eigenvalue weighted by Crippen LogP contribution is 2.43. The molecule has 24 heavy (non-hydrogen) atoms. The van der Waals surface area contributed by atoms with E-state index < -0.39 is 23.4 Å². The molecule has 0 aromatic heterocycles. The Bertz CT molecular complexity index is 878. The van der Waals surface area contributed by atoms with Crippen LogP contribution in [0.5, 0.6) is 0 Å². The number of imide groups is 1. The first kappa shape index (κ1) is 14.4. The largest absolute Gasteiger partial charge is 0.323 e. The van der Waals surface area contributed by atoms with Gasteiger partial charge in [-0.1, -0.05) is 48.0 Å². The van der Waals surface area contributed by atoms with Crippen molar-refractivity contribution in [1.82, 2.24) is 10.6 Å². The number of hydrogen-bond acceptors (Lipinski definition) is 3. The Kier molecular flexibility index (Phi) is 2.96. The van der Waals surface area contributed by atoms with Crippen LogP contribution < -0.4 is 15.5 Å². The Morgan fingerprint density at radius 3 is 2.46 bits per heavy atom. The van der Waals surface area contributed by atoms with Gasteiger partial charge in [0.1, 0.15) is 0 Å². The molecule has 1 spiro atoms. The molecule has 2 heterocycles. The van der Waals surface area contributed by atoms with Gasteiger partial charge in [0.15, 0.2) is 0 Å². The molecule has 0 saturated carbocycles. The van der Waals surface area contributed by atoms with Crippen LogP contribution in [0.1, 0.15) is 16.7 Å². The van der Waals surface area contributed by atoms with Crippen molar-refractivity contribution in [3.8, 4) is 0 Å². The van der Waals surface area contributed by atoms with E-state index >= 15 is 0 Å². The van der Waals surface area contributed by atoms with Crippen LogP contribution in [0.25, 0.3) is 0 Å². The summed E-state index contributed by atoms with van der Waals surface area (Å²) >= 11 is 0. The SMILES string of the molecule is Cc1ccc2c(c1)C1(NC(=O)NC1=O)C(=O)N2Cc1ccccc1. The fourth-order valence-corrected chi connectivity index (χ4v) is 3.33. The minimum Gasteiger partial charge on any atom is -0.312 e. The zero-order valence-corrected chi connectivity index (χ0v) is 13.0. The van der Waals surface area contributed by atoms with E-state index in [1.807, 2.05) is 49.4 Å². The molecule has 6 heteroatoms. The standard InChI is InChI=1S/C18H15N3O3/c1-11-7-8-14-13(9-11)18(15(22)19-17(24)20-18)16(23)21(14)10-12-5-3-2-4-6-12/h2-9H,10H2,1H3,(H2,19,20,22,24). The maximum Gasteiger partial charge on any atom is 0.323 e. The quantitative estimate of drug-likeness (QED) is 0.651. The average Bonchev–Trinajstić information content (AvgIpc) is 2.98. The fourth-order valence-electron chi connectivity index (χ4n) is 3.33. The van der Waals surface area contributed by atoms with E-state index in [-0.39, 0.29) is 0 Å². The zero-order valence-electron chi connectivity index (χ0n) is 13.0. The summed E-state index contributed by atoms with van der Waals surface area (Å²) in [6.07, 6.45) is 0. The normalized spacial score (nSPS) is 21.9. The molecule has 6 nitrogen and oxygen atoms in total. The van der Waals surface area contributed by atoms with E-state index in [0.717, 1.165) is 11.1 Å². The predicted octanol–water partition coefficient (Wildman–Crippen LogP) is 1.58. The van der Waals surface area contributed by atoms with Crippen molar-refractivity contribution < 1.29 is 14.4 Å². The third-order valence-corrected chi connectivity index (χ3v) is 4.47. The topological polar surface area (TPSA) is 78.5 Å². The van der Waals surface area contributed by atoms with E-state index in [0.29, 0.717) is 17.8 Å². The summed E-state index contributed by atoms with van der Waals surface area (Å²) in [6.45, 7) is 2.22. The third kappa shape index (κ3) is 1.86. The van der Waals surface area contributed by atoms with Crippen LogP contribution in [-0.2, 0) is 21.7 Å². The van der Waals surface area contributed by atoms with Gasteiger partial charge in [0.05, 0.1) is 12.2 Å². The van der Waals surface area contributed by atoms with Crippen LogP contribution in [0.2, 0.25) is 0 Å². The fraction of sp³-hybridized carbons (Fsp3) is 0.167. The Balaban J connectivity index is 1.85. The molecule has 4 rings (SSSR count). The molecular weight excluding hydrogens is 306 g/mol. The van der Waals surface area contributed by atoms with Gasteiger partial charge in [-0.3, -0.25) is 14.9 Å². The number of urea groups is 1. The number of carbonyl (C=O) groups excluding carboxylic acids is 3. The van der Waals surface area contributed by atoms with Gasteiger partial charge < -0.3 is 10.2 Å². The number of fused-ring (bicyclic) bond motifs is 2. The average molecular weight is 321 g/mol. The molecule has 2 aromatic carbocycles. The molecule has 120 valence electrons. The van der Waals surface area contributed by atoms with E-state index in [2.05, 4.69) is 10.6 Å². The monoisotopic (exact) mass is 321 g/mol. The number of nitrogens with zero attached hydrogens (tertiary/aromatic N) is 1. The highest BCUT2D eigenvalue weighted by molar-refractivity contribution is 6.27. The number of hydrogen-bond donors (Lipinski definition) is 2. The Morgan fingerprint density at radius 2 is 1.79 bits per heavy atom. The van der Waals surface area contributed by atoms with Gasteiger partial charge in [0.2, 0.25) is 5.54 Å². The maximum atomic E-state index is 13.1. The molecule has 0 radical (unpaired) electrons. The molecule has 2 aliphatic rings. The number of carbonyl (C=O) groups is 3. The molecule has 4 amide bonds. The molecule has 2 N–H and O–H groups in total. The lowest BCUT2D eigenvalue weighted by atomic mass is 9.90. The lowest BCUT2D eigenvalue weighted by Gasteiger charge is -2.21. The zero-order chi connectivity index (χ0) is 16.9. The highest BCUT2D eigenvalue weighted by Gasteiger charge is 2.61. The first-order valence-corrected chi connectivity index (χ1v) is 7.63. The molecule has 1 saturated heterocycles. The van der Waals surface area contributed by atoms with Gasteiger partial charge >= 0.3 is 6.03 Å². The van der Waals surface area contributed by atoms with Crippen LogP contribution in [-0.4, -0.2) is 17.8 Å². The molecule has 1 unspecified atom stereocenters. The van der Waals surface area contributed by atoms with Crippen LogP contribution in [0.15, 0.2) is 48.5 Å². The third-order valence-electron chi connectivity index (χ3n) is 4.47. The molecule has 0 aliphatic carbocycles. The highest BCUT2D eigenvalue weighted by atomic mass is 16.2. The Morgan fingerprint density at radius 1 is 1.04 bits per heavy atom. The number of anilines is 1. The first-order valence-electron chi connectivity index (χ1n) is 7.63. The van der Waals surface area contributed by atoms with Crippen LogP contribution >= 0.6 is 0 Å². The van der Waals surface area contributed by atoms with Crippen molar-refractivity contribution in [3.63, 3.8) is 0 Å².